The van der Waals surface area contributed by atoms with Gasteiger partial charge in [-0.2, -0.15) is 0 Å². The zero-order valence-corrected chi connectivity index (χ0v) is 10.8. The number of nitrogens with one attached hydrogen (secondary N) is 1. The normalized spacial score (nSPS) is 10.3. The van der Waals surface area contributed by atoms with Crippen molar-refractivity contribution in [1.82, 2.24) is 0 Å². The lowest BCUT2D eigenvalue weighted by Crippen LogP contribution is -2.09. The molecule has 0 heterocycles. The summed E-state index contributed by atoms with van der Waals surface area (Å²) in [5.41, 5.74) is 0.416. The summed E-state index contributed by atoms with van der Waals surface area (Å²) in [6.07, 6.45) is 1.64. The molecule has 0 aliphatic carbocycles. The zero-order valence-electron chi connectivity index (χ0n) is 10.8. The van der Waals surface area contributed by atoms with Gasteiger partial charge in [-0.25, -0.2) is 4.79 Å². The van der Waals surface area contributed by atoms with Crippen LogP contribution in [0.25, 0.3) is 0 Å². The van der Waals surface area contributed by atoms with Gasteiger partial charge in [0.15, 0.2) is 11.5 Å². The molecule has 0 radical (unpaired) electrons. The van der Waals surface area contributed by atoms with Crippen LogP contribution in [0.4, 0.5) is 5.69 Å². The Labute approximate surface area is 115 Å². The largest absolute Gasteiger partial charge is 0.493 e. The summed E-state index contributed by atoms with van der Waals surface area (Å²) in [5.74, 6) is -0.966. The molecule has 0 aliphatic rings. The molecule has 20 heavy (non-hydrogen) atoms. The Morgan fingerprint density at radius 1 is 1.30 bits per heavy atom. The molecule has 0 unspecified atom stereocenters. The van der Waals surface area contributed by atoms with E-state index in [2.05, 4.69) is 5.32 Å². The number of carboxylic acid groups (broad SMARTS) is 1. The summed E-state index contributed by atoms with van der Waals surface area (Å²) >= 11 is 0. The first-order valence-corrected chi connectivity index (χ1v) is 5.70. The fraction of sp³-hybridized carbons (Fsp3) is 0.231. The Hall–Kier alpha value is -2.54. The minimum absolute atomic E-state index is 0.0900. The van der Waals surface area contributed by atoms with E-state index in [4.69, 9.17) is 19.7 Å². The van der Waals surface area contributed by atoms with Crippen molar-refractivity contribution in [1.29, 1.82) is 0 Å². The number of rotatable bonds is 7. The minimum atomic E-state index is -1.21. The van der Waals surface area contributed by atoms with Crippen molar-refractivity contribution in [2.45, 2.75) is 0 Å². The lowest BCUT2D eigenvalue weighted by atomic mass is 10.2. The van der Waals surface area contributed by atoms with Gasteiger partial charge in [0, 0.05) is 23.9 Å². The van der Waals surface area contributed by atoms with Gasteiger partial charge in [-0.1, -0.05) is 0 Å². The molecule has 1 aromatic carbocycles. The molecule has 0 saturated heterocycles. The van der Waals surface area contributed by atoms with E-state index in [0.717, 1.165) is 12.2 Å². The predicted octanol–water partition coefficient (Wildman–Crippen LogP) is 0.646. The highest BCUT2D eigenvalue weighted by Gasteiger charge is 2.07. The van der Waals surface area contributed by atoms with E-state index in [1.807, 2.05) is 0 Å². The van der Waals surface area contributed by atoms with E-state index < -0.39 is 11.9 Å². The molecule has 1 rings (SSSR count). The average molecular weight is 281 g/mol. The van der Waals surface area contributed by atoms with Crippen molar-refractivity contribution in [3.05, 3.63) is 30.4 Å². The lowest BCUT2D eigenvalue weighted by Gasteiger charge is -2.11. The molecular formula is C13H15NO6. The number of aliphatic hydroxyl groups excluding tert-OH is 1. The lowest BCUT2D eigenvalue weighted by molar-refractivity contribution is -0.131. The molecule has 0 aromatic heterocycles. The molecule has 0 aliphatic heterocycles. The van der Waals surface area contributed by atoms with Gasteiger partial charge >= 0.3 is 5.97 Å². The molecule has 0 saturated carbocycles. The van der Waals surface area contributed by atoms with E-state index in [1.54, 1.807) is 12.1 Å². The summed E-state index contributed by atoms with van der Waals surface area (Å²) in [6.45, 7) is -0.0617. The maximum Gasteiger partial charge on any atom is 0.328 e. The number of carbonyl (C=O) groups excluding carboxylic acids is 1. The van der Waals surface area contributed by atoms with Crippen LogP contribution in [0.1, 0.15) is 0 Å². The van der Waals surface area contributed by atoms with Crippen LogP contribution in [-0.2, 0) is 9.59 Å². The van der Waals surface area contributed by atoms with Gasteiger partial charge in [0.2, 0.25) is 5.91 Å². The van der Waals surface area contributed by atoms with Gasteiger partial charge in [-0.15, -0.1) is 0 Å². The second-order valence-electron chi connectivity index (χ2n) is 3.60. The number of hydrogen-bond donors (Lipinski definition) is 3. The maximum atomic E-state index is 11.4. The number of anilines is 1. The maximum absolute atomic E-state index is 11.4. The molecule has 3 N–H and O–H groups in total. The molecule has 1 aromatic rings. The van der Waals surface area contributed by atoms with Crippen molar-refractivity contribution >= 4 is 17.6 Å². The molecule has 0 bridgehead atoms. The van der Waals surface area contributed by atoms with Crippen LogP contribution < -0.4 is 14.8 Å². The number of ether oxygens (including phenoxy) is 2. The number of methoxy groups -OCH3 is 1. The summed E-state index contributed by atoms with van der Waals surface area (Å²) in [4.78, 5) is 21.7. The first-order chi connectivity index (χ1) is 9.56. The average Bonchev–Trinajstić information content (AvgIpc) is 2.43. The molecule has 7 nitrogen and oxygen atoms in total. The quantitative estimate of drug-likeness (QED) is 0.634. The Morgan fingerprint density at radius 3 is 2.65 bits per heavy atom. The van der Waals surface area contributed by atoms with Crippen LogP contribution in [0.3, 0.4) is 0 Å². The predicted molar refractivity (Wildman–Crippen MR) is 71.0 cm³/mol. The van der Waals surface area contributed by atoms with Crippen molar-refractivity contribution in [2.24, 2.45) is 0 Å². The summed E-state index contributed by atoms with van der Waals surface area (Å²) in [6, 6.07) is 4.68. The Balaban J connectivity index is 2.80. The van der Waals surface area contributed by atoms with Crippen molar-refractivity contribution in [3.8, 4) is 11.5 Å². The first kappa shape index (κ1) is 15.5. The van der Waals surface area contributed by atoms with Gasteiger partial charge in [0.25, 0.3) is 0 Å². The molecule has 0 spiro atoms. The number of carboxylic acids is 1. The number of aliphatic hydroxyl groups is 1. The summed E-state index contributed by atoms with van der Waals surface area (Å²) < 4.78 is 10.3. The summed E-state index contributed by atoms with van der Waals surface area (Å²) in [7, 11) is 1.47. The van der Waals surface area contributed by atoms with E-state index in [0.29, 0.717) is 17.2 Å². The highest BCUT2D eigenvalue weighted by molar-refractivity contribution is 6.02. The van der Waals surface area contributed by atoms with Gasteiger partial charge < -0.3 is 25.0 Å². The van der Waals surface area contributed by atoms with Gasteiger partial charge in [0.05, 0.1) is 13.7 Å². The van der Waals surface area contributed by atoms with E-state index in [-0.39, 0.29) is 13.2 Å². The number of amides is 1. The van der Waals surface area contributed by atoms with Crippen LogP contribution in [-0.4, -0.2) is 42.4 Å². The first-order valence-electron chi connectivity index (χ1n) is 5.70. The van der Waals surface area contributed by atoms with Gasteiger partial charge in [-0.05, 0) is 12.1 Å². The third kappa shape index (κ3) is 4.99. The third-order valence-corrected chi connectivity index (χ3v) is 2.16. The van der Waals surface area contributed by atoms with E-state index in [9.17, 15) is 9.59 Å². The fourth-order valence-electron chi connectivity index (χ4n) is 1.35. The third-order valence-electron chi connectivity index (χ3n) is 2.16. The monoisotopic (exact) mass is 281 g/mol. The standard InChI is InChI=1S/C13H15NO6/c1-19-10-3-2-9(8-11(10)20-7-6-15)14-12(16)4-5-13(17)18/h2-5,8,15H,6-7H2,1H3,(H,14,16)(H,17,18)/b5-4+. The molecular weight excluding hydrogens is 266 g/mol. The van der Waals surface area contributed by atoms with Crippen LogP contribution in [0.2, 0.25) is 0 Å². The van der Waals surface area contributed by atoms with E-state index >= 15 is 0 Å². The molecule has 108 valence electrons. The van der Waals surface area contributed by atoms with Crippen molar-refractivity contribution < 1.29 is 29.3 Å². The SMILES string of the molecule is COc1ccc(NC(=O)/C=C/C(=O)O)cc1OCCO. The molecule has 0 fully saturated rings. The smallest absolute Gasteiger partial charge is 0.328 e. The Morgan fingerprint density at radius 2 is 2.05 bits per heavy atom. The number of hydrogen-bond acceptors (Lipinski definition) is 5. The topological polar surface area (TPSA) is 105 Å². The van der Waals surface area contributed by atoms with E-state index in [1.165, 1.54) is 13.2 Å². The van der Waals surface area contributed by atoms with Gasteiger partial charge in [-0.3, -0.25) is 4.79 Å². The number of benzene rings is 1. The van der Waals surface area contributed by atoms with Crippen LogP contribution in [0, 0.1) is 0 Å². The highest BCUT2D eigenvalue weighted by atomic mass is 16.5. The van der Waals surface area contributed by atoms with Crippen LogP contribution in [0.5, 0.6) is 11.5 Å². The van der Waals surface area contributed by atoms with Crippen LogP contribution >= 0.6 is 0 Å². The Bertz CT molecular complexity index is 512. The second kappa shape index (κ2) is 7.80. The molecule has 0 atom stereocenters. The molecule has 1 amide bonds. The number of aliphatic carboxylic acids is 1. The fourth-order valence-corrected chi connectivity index (χ4v) is 1.35. The summed E-state index contributed by atoms with van der Waals surface area (Å²) in [5, 5.41) is 19.6. The zero-order chi connectivity index (χ0) is 15.0. The highest BCUT2D eigenvalue weighted by Crippen LogP contribution is 2.30. The van der Waals surface area contributed by atoms with Crippen molar-refractivity contribution in [2.75, 3.05) is 25.6 Å². The second-order valence-corrected chi connectivity index (χ2v) is 3.60. The number of carbonyl (C=O) groups is 2. The minimum Gasteiger partial charge on any atom is -0.493 e. The van der Waals surface area contributed by atoms with Crippen molar-refractivity contribution in [3.63, 3.8) is 0 Å². The van der Waals surface area contributed by atoms with Crippen LogP contribution in [0.15, 0.2) is 30.4 Å². The Kier molecular flexibility index (Phi) is 6.05. The molecule has 7 heteroatoms. The van der Waals surface area contributed by atoms with Gasteiger partial charge in [0.1, 0.15) is 6.61 Å².